The fourth-order valence-corrected chi connectivity index (χ4v) is 5.16. The molecule has 3 heterocycles. The van der Waals surface area contributed by atoms with Gasteiger partial charge in [-0.3, -0.25) is 9.88 Å². The lowest BCUT2D eigenvalue weighted by Gasteiger charge is -2.47. The highest BCUT2D eigenvalue weighted by Crippen LogP contribution is 2.46. The maximum absolute atomic E-state index is 13.0. The zero-order chi connectivity index (χ0) is 16.4. The third kappa shape index (κ3) is 3.63. The third-order valence-corrected chi connectivity index (χ3v) is 6.30. The molecule has 3 nitrogen and oxygen atoms in total. The highest BCUT2D eigenvalue weighted by Gasteiger charge is 2.49. The molecule has 0 aliphatic carbocycles. The molecule has 2 aliphatic heterocycles. The highest BCUT2D eigenvalue weighted by atomic mass is 32.2. The van der Waals surface area contributed by atoms with Gasteiger partial charge in [-0.25, -0.2) is 4.39 Å². The Morgan fingerprint density at radius 1 is 1.21 bits per heavy atom. The number of rotatable bonds is 5. The van der Waals surface area contributed by atoms with Gasteiger partial charge >= 0.3 is 0 Å². The molecule has 0 radical (unpaired) electrons. The third-order valence-electron chi connectivity index (χ3n) is 4.73. The van der Waals surface area contributed by atoms with Gasteiger partial charge in [0.15, 0.2) is 0 Å². The van der Waals surface area contributed by atoms with Crippen molar-refractivity contribution in [2.24, 2.45) is 0 Å². The Morgan fingerprint density at radius 3 is 2.79 bits per heavy atom. The molecular formula is C19H21FN2OS. The fraction of sp³-hybridized carbons (Fsp3) is 0.421. The average molecular weight is 344 g/mol. The van der Waals surface area contributed by atoms with Gasteiger partial charge in [0.05, 0.1) is 12.7 Å². The smallest absolute Gasteiger partial charge is 0.123 e. The molecule has 2 aliphatic rings. The lowest BCUT2D eigenvalue weighted by atomic mass is 9.92. The summed E-state index contributed by atoms with van der Waals surface area (Å²) in [7, 11) is 0. The van der Waals surface area contributed by atoms with E-state index in [1.807, 2.05) is 36.2 Å². The summed E-state index contributed by atoms with van der Waals surface area (Å²) in [6.45, 7) is 3.75. The van der Waals surface area contributed by atoms with Crippen LogP contribution in [-0.2, 0) is 17.9 Å². The van der Waals surface area contributed by atoms with Crippen LogP contribution in [-0.4, -0.2) is 39.6 Å². The highest BCUT2D eigenvalue weighted by molar-refractivity contribution is 8.01. The van der Waals surface area contributed by atoms with Gasteiger partial charge in [-0.15, -0.1) is 11.8 Å². The fourth-order valence-electron chi connectivity index (χ4n) is 3.56. The van der Waals surface area contributed by atoms with Crippen molar-refractivity contribution in [1.29, 1.82) is 0 Å². The number of halogens is 1. The van der Waals surface area contributed by atoms with Crippen molar-refractivity contribution in [3.8, 4) is 0 Å². The Labute approximate surface area is 146 Å². The first-order valence-corrected chi connectivity index (χ1v) is 9.31. The van der Waals surface area contributed by atoms with Crippen LogP contribution in [0.2, 0.25) is 0 Å². The van der Waals surface area contributed by atoms with Gasteiger partial charge in [0, 0.05) is 42.5 Å². The maximum Gasteiger partial charge on any atom is 0.123 e. The summed E-state index contributed by atoms with van der Waals surface area (Å²) in [6.07, 6.45) is 5.11. The topological polar surface area (TPSA) is 25.4 Å². The van der Waals surface area contributed by atoms with Crippen LogP contribution in [0.25, 0.3) is 0 Å². The molecule has 0 amide bonds. The second kappa shape index (κ2) is 6.82. The predicted molar refractivity (Wildman–Crippen MR) is 94.3 cm³/mol. The number of hydrogen-bond acceptors (Lipinski definition) is 4. The summed E-state index contributed by atoms with van der Waals surface area (Å²) in [5, 5.41) is 0. The first kappa shape index (κ1) is 16.1. The van der Waals surface area contributed by atoms with Gasteiger partial charge in [-0.1, -0.05) is 18.2 Å². The Morgan fingerprint density at radius 2 is 2.04 bits per heavy atom. The summed E-state index contributed by atoms with van der Waals surface area (Å²) in [5.41, 5.74) is 2.31. The summed E-state index contributed by atoms with van der Waals surface area (Å²) >= 11 is 2.05. The minimum Gasteiger partial charge on any atom is -0.373 e. The molecule has 1 atom stereocenters. The Kier molecular flexibility index (Phi) is 4.57. The molecule has 0 bridgehead atoms. The number of ether oxygens (including phenoxy) is 1. The Balaban J connectivity index is 1.23. The Bertz CT molecular complexity index is 674. The molecule has 2 aromatic rings. The molecule has 1 spiro atoms. The molecule has 5 heteroatoms. The lowest BCUT2D eigenvalue weighted by Crippen LogP contribution is -2.58. The molecule has 2 fully saturated rings. The van der Waals surface area contributed by atoms with Crippen molar-refractivity contribution in [3.63, 3.8) is 0 Å². The zero-order valence-corrected chi connectivity index (χ0v) is 14.3. The predicted octanol–water partition coefficient (Wildman–Crippen LogP) is 3.50. The molecule has 1 unspecified atom stereocenters. The SMILES string of the molecule is Fc1ccc(CN2CC3(CC(OCc4cccnc4)CS3)C2)cc1. The monoisotopic (exact) mass is 344 g/mol. The second-order valence-electron chi connectivity index (χ2n) is 6.76. The molecule has 4 rings (SSSR count). The van der Waals surface area contributed by atoms with Crippen LogP contribution in [0.15, 0.2) is 48.8 Å². The van der Waals surface area contributed by atoms with Crippen LogP contribution in [0, 0.1) is 5.82 Å². The van der Waals surface area contributed by atoms with Crippen LogP contribution >= 0.6 is 11.8 Å². The molecule has 1 aromatic carbocycles. The number of hydrogen-bond donors (Lipinski definition) is 0. The van der Waals surface area contributed by atoms with Crippen molar-refractivity contribution in [2.75, 3.05) is 18.8 Å². The summed E-state index contributed by atoms with van der Waals surface area (Å²) < 4.78 is 19.4. The van der Waals surface area contributed by atoms with Crippen molar-refractivity contribution in [2.45, 2.75) is 30.4 Å². The van der Waals surface area contributed by atoms with Crippen molar-refractivity contribution in [1.82, 2.24) is 9.88 Å². The second-order valence-corrected chi connectivity index (χ2v) is 8.25. The molecule has 126 valence electrons. The van der Waals surface area contributed by atoms with E-state index in [0.717, 1.165) is 37.4 Å². The molecule has 0 N–H and O–H groups in total. The van der Waals surface area contributed by atoms with Crippen LogP contribution in [0.4, 0.5) is 4.39 Å². The number of thioether (sulfide) groups is 1. The van der Waals surface area contributed by atoms with E-state index in [0.29, 0.717) is 17.5 Å². The van der Waals surface area contributed by atoms with Gasteiger partial charge in [0.1, 0.15) is 5.82 Å². The van der Waals surface area contributed by atoms with Crippen LogP contribution in [0.5, 0.6) is 0 Å². The number of nitrogens with zero attached hydrogens (tertiary/aromatic N) is 2. The molecule has 24 heavy (non-hydrogen) atoms. The van der Waals surface area contributed by atoms with Crippen molar-refractivity contribution >= 4 is 11.8 Å². The first-order chi connectivity index (χ1) is 11.7. The van der Waals surface area contributed by atoms with Crippen LogP contribution in [0.3, 0.4) is 0 Å². The minimum atomic E-state index is -0.168. The van der Waals surface area contributed by atoms with Crippen molar-refractivity contribution in [3.05, 3.63) is 65.7 Å². The largest absolute Gasteiger partial charge is 0.373 e. The lowest BCUT2D eigenvalue weighted by molar-refractivity contribution is 0.0263. The van der Waals surface area contributed by atoms with E-state index in [-0.39, 0.29) is 5.82 Å². The minimum absolute atomic E-state index is 0.168. The van der Waals surface area contributed by atoms with Crippen molar-refractivity contribution < 1.29 is 9.13 Å². The standard InChI is InChI=1S/C19H21FN2OS/c20-17-5-3-15(4-6-17)10-22-13-19(14-22)8-18(12-24-19)23-11-16-2-1-7-21-9-16/h1-7,9,18H,8,10-14H2. The molecular weight excluding hydrogens is 323 g/mol. The van der Waals surface area contributed by atoms with Gasteiger partial charge in [-0.2, -0.15) is 0 Å². The van der Waals surface area contributed by atoms with Crippen LogP contribution < -0.4 is 0 Å². The van der Waals surface area contributed by atoms with Gasteiger partial charge in [0.25, 0.3) is 0 Å². The van der Waals surface area contributed by atoms with Crippen LogP contribution in [0.1, 0.15) is 17.5 Å². The molecule has 0 saturated carbocycles. The first-order valence-electron chi connectivity index (χ1n) is 8.32. The maximum atomic E-state index is 13.0. The summed E-state index contributed by atoms with van der Waals surface area (Å²) in [5.74, 6) is 0.906. The van der Waals surface area contributed by atoms with E-state index in [1.54, 1.807) is 6.20 Å². The number of aromatic nitrogens is 1. The molecule has 2 saturated heterocycles. The van der Waals surface area contributed by atoms with E-state index in [4.69, 9.17) is 4.74 Å². The van der Waals surface area contributed by atoms with Gasteiger partial charge in [0.2, 0.25) is 0 Å². The number of benzene rings is 1. The zero-order valence-electron chi connectivity index (χ0n) is 13.5. The normalized spacial score (nSPS) is 22.6. The van der Waals surface area contributed by atoms with Gasteiger partial charge < -0.3 is 4.74 Å². The summed E-state index contributed by atoms with van der Waals surface area (Å²) in [4.78, 5) is 6.56. The van der Waals surface area contributed by atoms with E-state index >= 15 is 0 Å². The van der Waals surface area contributed by atoms with E-state index < -0.39 is 0 Å². The number of likely N-dealkylation sites (tertiary alicyclic amines) is 1. The summed E-state index contributed by atoms with van der Waals surface area (Å²) in [6, 6.07) is 10.8. The van der Waals surface area contributed by atoms with E-state index in [9.17, 15) is 4.39 Å². The van der Waals surface area contributed by atoms with E-state index in [1.165, 1.54) is 17.7 Å². The van der Waals surface area contributed by atoms with Gasteiger partial charge in [-0.05, 0) is 35.7 Å². The average Bonchev–Trinajstić information content (AvgIpc) is 3.00. The quantitative estimate of drug-likeness (QED) is 0.829. The number of pyridine rings is 1. The van der Waals surface area contributed by atoms with E-state index in [2.05, 4.69) is 16.0 Å². The molecule has 1 aromatic heterocycles. The Hall–Kier alpha value is -1.43.